The zero-order chi connectivity index (χ0) is 17.2. The van der Waals surface area contributed by atoms with Gasteiger partial charge < -0.3 is 14.7 Å². The van der Waals surface area contributed by atoms with Gasteiger partial charge in [0.15, 0.2) is 0 Å². The van der Waals surface area contributed by atoms with Crippen LogP contribution < -0.4 is 0 Å². The summed E-state index contributed by atoms with van der Waals surface area (Å²) in [5, 5.41) is 9.32. The lowest BCUT2D eigenvalue weighted by molar-refractivity contribution is -0.149. The van der Waals surface area contributed by atoms with Crippen molar-refractivity contribution in [3.05, 3.63) is 35.4 Å². The molecule has 0 radical (unpaired) electrons. The number of nitrogens with zero attached hydrogens (tertiary/aromatic N) is 1. The number of aryl methyl sites for hydroxylation is 1. The topological polar surface area (TPSA) is 66.8 Å². The molecule has 0 spiro atoms. The number of amides is 1. The number of carbonyl (C=O) groups excluding carboxylic acids is 1. The fraction of sp³-hybridized carbons (Fsp3) is 0.579. The first-order valence-electron chi connectivity index (χ1n) is 8.70. The van der Waals surface area contributed by atoms with Crippen LogP contribution in [0.2, 0.25) is 0 Å². The summed E-state index contributed by atoms with van der Waals surface area (Å²) in [6, 6.07) is 8.04. The molecular formula is C19H25NO4. The lowest BCUT2D eigenvalue weighted by Gasteiger charge is -2.42. The molecule has 0 aromatic heterocycles. The highest BCUT2D eigenvalue weighted by Crippen LogP contribution is 2.39. The monoisotopic (exact) mass is 331 g/mol. The number of benzene rings is 1. The predicted octanol–water partition coefficient (Wildman–Crippen LogP) is 2.37. The summed E-state index contributed by atoms with van der Waals surface area (Å²) < 4.78 is 5.52. The van der Waals surface area contributed by atoms with E-state index < -0.39 is 17.3 Å². The first kappa shape index (κ1) is 17.0. The first-order valence-corrected chi connectivity index (χ1v) is 8.70. The second-order valence-electron chi connectivity index (χ2n) is 6.94. The number of carboxylic acid groups (broad SMARTS) is 1. The summed E-state index contributed by atoms with van der Waals surface area (Å²) in [7, 11) is 0. The molecule has 1 N–H and O–H groups in total. The van der Waals surface area contributed by atoms with Gasteiger partial charge in [-0.3, -0.25) is 9.59 Å². The number of carboxylic acids is 1. The molecule has 2 heterocycles. The van der Waals surface area contributed by atoms with Crippen LogP contribution in [0.1, 0.15) is 36.8 Å². The van der Waals surface area contributed by atoms with Crippen molar-refractivity contribution in [3.8, 4) is 0 Å². The summed E-state index contributed by atoms with van der Waals surface area (Å²) >= 11 is 0. The fourth-order valence-corrected chi connectivity index (χ4v) is 4.09. The minimum absolute atomic E-state index is 0.0750. The van der Waals surface area contributed by atoms with E-state index in [1.54, 1.807) is 4.90 Å². The molecule has 1 unspecified atom stereocenters. The number of rotatable bonds is 3. The molecule has 1 aromatic carbocycles. The van der Waals surface area contributed by atoms with Crippen LogP contribution in [0.4, 0.5) is 0 Å². The highest BCUT2D eigenvalue weighted by Gasteiger charge is 2.45. The Morgan fingerprint density at radius 2 is 1.96 bits per heavy atom. The summed E-state index contributed by atoms with van der Waals surface area (Å²) in [5.41, 5.74) is 1.60. The summed E-state index contributed by atoms with van der Waals surface area (Å²) in [6.45, 7) is 4.14. The molecule has 1 atom stereocenters. The molecule has 2 aliphatic heterocycles. The number of likely N-dealkylation sites (tertiary alicyclic amines) is 1. The van der Waals surface area contributed by atoms with E-state index in [9.17, 15) is 14.7 Å². The van der Waals surface area contributed by atoms with Gasteiger partial charge >= 0.3 is 5.97 Å². The van der Waals surface area contributed by atoms with Crippen molar-refractivity contribution in [2.24, 2.45) is 5.92 Å². The highest BCUT2D eigenvalue weighted by atomic mass is 16.5. The van der Waals surface area contributed by atoms with E-state index in [2.05, 4.69) is 0 Å². The average Bonchev–Trinajstić information content (AvgIpc) is 2.62. The van der Waals surface area contributed by atoms with Crippen LogP contribution in [0.3, 0.4) is 0 Å². The largest absolute Gasteiger partial charge is 0.481 e. The van der Waals surface area contributed by atoms with Crippen LogP contribution in [0, 0.1) is 12.8 Å². The van der Waals surface area contributed by atoms with Crippen LogP contribution in [-0.2, 0) is 19.7 Å². The number of carbonyl (C=O) groups is 2. The Morgan fingerprint density at radius 1 is 1.25 bits per heavy atom. The van der Waals surface area contributed by atoms with Gasteiger partial charge in [0.05, 0.1) is 11.3 Å². The van der Waals surface area contributed by atoms with E-state index in [0.717, 1.165) is 17.5 Å². The average molecular weight is 331 g/mol. The second kappa shape index (κ2) is 6.93. The van der Waals surface area contributed by atoms with Crippen molar-refractivity contribution in [3.63, 3.8) is 0 Å². The summed E-state index contributed by atoms with van der Waals surface area (Å²) in [4.78, 5) is 26.6. The SMILES string of the molecule is Cc1ccccc1C1(C(=O)N2CCCC(C(=O)O)C2)CCOCC1. The van der Waals surface area contributed by atoms with Crippen LogP contribution in [0.25, 0.3) is 0 Å². The van der Waals surface area contributed by atoms with Gasteiger partial charge in [-0.2, -0.15) is 0 Å². The molecule has 0 bridgehead atoms. The smallest absolute Gasteiger partial charge is 0.308 e. The molecule has 1 amide bonds. The third kappa shape index (κ3) is 3.05. The van der Waals surface area contributed by atoms with Gasteiger partial charge in [0.1, 0.15) is 0 Å². The Hall–Kier alpha value is -1.88. The maximum atomic E-state index is 13.5. The van der Waals surface area contributed by atoms with Crippen molar-refractivity contribution < 1.29 is 19.4 Å². The Labute approximate surface area is 142 Å². The zero-order valence-corrected chi connectivity index (χ0v) is 14.2. The Morgan fingerprint density at radius 3 is 2.62 bits per heavy atom. The molecule has 24 heavy (non-hydrogen) atoms. The fourth-order valence-electron chi connectivity index (χ4n) is 4.09. The van der Waals surface area contributed by atoms with Gasteiger partial charge in [0.25, 0.3) is 0 Å². The minimum atomic E-state index is -0.801. The van der Waals surface area contributed by atoms with Gasteiger partial charge in [-0.05, 0) is 43.7 Å². The van der Waals surface area contributed by atoms with E-state index in [4.69, 9.17) is 4.74 Å². The molecule has 3 rings (SSSR count). The molecule has 5 heteroatoms. The second-order valence-corrected chi connectivity index (χ2v) is 6.94. The highest BCUT2D eigenvalue weighted by molar-refractivity contribution is 5.89. The van der Waals surface area contributed by atoms with E-state index >= 15 is 0 Å². The number of ether oxygens (including phenoxy) is 1. The van der Waals surface area contributed by atoms with Gasteiger partial charge in [0.2, 0.25) is 5.91 Å². The summed E-state index contributed by atoms with van der Waals surface area (Å²) in [5.74, 6) is -1.17. The molecular weight excluding hydrogens is 306 g/mol. The van der Waals surface area contributed by atoms with Crippen LogP contribution in [-0.4, -0.2) is 48.2 Å². The number of hydrogen-bond acceptors (Lipinski definition) is 3. The van der Waals surface area contributed by atoms with Crippen LogP contribution >= 0.6 is 0 Å². The Bertz CT molecular complexity index is 622. The van der Waals surface area contributed by atoms with E-state index in [-0.39, 0.29) is 5.91 Å². The minimum Gasteiger partial charge on any atom is -0.481 e. The third-order valence-electron chi connectivity index (χ3n) is 5.47. The maximum Gasteiger partial charge on any atom is 0.308 e. The van der Waals surface area contributed by atoms with Crippen LogP contribution in [0.15, 0.2) is 24.3 Å². The number of hydrogen-bond donors (Lipinski definition) is 1. The van der Waals surface area contributed by atoms with Crippen molar-refractivity contribution in [1.82, 2.24) is 4.90 Å². The standard InChI is InChI=1S/C19H25NO4/c1-14-5-2-3-7-16(14)19(8-11-24-12-9-19)18(23)20-10-4-6-15(13-20)17(21)22/h2-3,5,7,15H,4,6,8-13H2,1H3,(H,21,22). The van der Waals surface area contributed by atoms with E-state index in [1.165, 1.54) is 0 Å². The van der Waals surface area contributed by atoms with Gasteiger partial charge in [0, 0.05) is 26.3 Å². The molecule has 2 aliphatic rings. The van der Waals surface area contributed by atoms with Crippen LogP contribution in [0.5, 0.6) is 0 Å². The number of piperidine rings is 1. The molecule has 130 valence electrons. The quantitative estimate of drug-likeness (QED) is 0.923. The Kier molecular flexibility index (Phi) is 4.90. The van der Waals surface area contributed by atoms with Crippen molar-refractivity contribution in [2.75, 3.05) is 26.3 Å². The Balaban J connectivity index is 1.93. The van der Waals surface area contributed by atoms with Gasteiger partial charge in [-0.1, -0.05) is 24.3 Å². The zero-order valence-electron chi connectivity index (χ0n) is 14.2. The molecule has 2 fully saturated rings. The summed E-state index contributed by atoms with van der Waals surface area (Å²) in [6.07, 6.45) is 2.72. The molecule has 0 aliphatic carbocycles. The number of aliphatic carboxylic acids is 1. The molecule has 2 saturated heterocycles. The van der Waals surface area contributed by atoms with Gasteiger partial charge in [-0.25, -0.2) is 0 Å². The normalized spacial score (nSPS) is 23.7. The third-order valence-corrected chi connectivity index (χ3v) is 5.47. The lowest BCUT2D eigenvalue weighted by Crippen LogP contribution is -2.53. The molecule has 5 nitrogen and oxygen atoms in total. The van der Waals surface area contributed by atoms with Crippen molar-refractivity contribution in [2.45, 2.75) is 38.0 Å². The first-order chi connectivity index (χ1) is 11.5. The van der Waals surface area contributed by atoms with Crippen molar-refractivity contribution >= 4 is 11.9 Å². The predicted molar refractivity (Wildman–Crippen MR) is 89.8 cm³/mol. The molecule has 1 aromatic rings. The van der Waals surface area contributed by atoms with Gasteiger partial charge in [-0.15, -0.1) is 0 Å². The molecule has 0 saturated carbocycles. The maximum absolute atomic E-state index is 13.5. The van der Waals surface area contributed by atoms with E-state index in [0.29, 0.717) is 45.6 Å². The van der Waals surface area contributed by atoms with Crippen molar-refractivity contribution in [1.29, 1.82) is 0 Å². The lowest BCUT2D eigenvalue weighted by atomic mass is 9.71. The van der Waals surface area contributed by atoms with E-state index in [1.807, 2.05) is 31.2 Å².